The van der Waals surface area contributed by atoms with Crippen LogP contribution in [0.2, 0.25) is 0 Å². The van der Waals surface area contributed by atoms with Crippen LogP contribution in [-0.4, -0.2) is 68.0 Å². The van der Waals surface area contributed by atoms with Crippen molar-refractivity contribution in [1.29, 1.82) is 0 Å². The fraction of sp³-hybridized carbons (Fsp3) is 0.333. The molecule has 1 aromatic heterocycles. The maximum atomic E-state index is 13.2. The molecule has 0 unspecified atom stereocenters. The van der Waals surface area contributed by atoms with Gasteiger partial charge in [0.1, 0.15) is 5.75 Å². The third kappa shape index (κ3) is 2.75. The molecule has 146 valence electrons. The zero-order valence-corrected chi connectivity index (χ0v) is 16.5. The van der Waals surface area contributed by atoms with Crippen molar-refractivity contribution in [2.75, 3.05) is 41.4 Å². The molecule has 7 nitrogen and oxygen atoms in total. The fourth-order valence-electron chi connectivity index (χ4n) is 3.79. The van der Waals surface area contributed by atoms with Crippen molar-refractivity contribution >= 4 is 33.6 Å². The number of benzene rings is 2. The summed E-state index contributed by atoms with van der Waals surface area (Å²) in [5.74, 6) is 0.193. The van der Waals surface area contributed by atoms with Gasteiger partial charge in [0.05, 0.1) is 30.4 Å². The van der Waals surface area contributed by atoms with Gasteiger partial charge in [-0.2, -0.15) is 0 Å². The number of carbonyl (C=O) groups excluding carboxylic acids is 2. The lowest BCUT2D eigenvalue weighted by molar-refractivity contribution is 0.0645. The highest BCUT2D eigenvalue weighted by Crippen LogP contribution is 2.38. The standard InChI is InChI=1S/C21H23N3O4/c1-23(2)7-8-24-20(25)15-9-12(11-27-3)19-17(18(15)21(24)26)14-10-13(28-4)5-6-16(14)22-19/h5-6,9-10,22H,7-8,11H2,1-4H3. The van der Waals surface area contributed by atoms with Gasteiger partial charge in [0.2, 0.25) is 0 Å². The predicted molar refractivity (Wildman–Crippen MR) is 107 cm³/mol. The molecule has 0 spiro atoms. The average Bonchev–Trinajstić information content (AvgIpc) is 3.16. The molecule has 0 atom stereocenters. The van der Waals surface area contributed by atoms with E-state index in [0.717, 1.165) is 27.4 Å². The van der Waals surface area contributed by atoms with Crippen molar-refractivity contribution in [3.8, 4) is 5.75 Å². The van der Waals surface area contributed by atoms with Crippen LogP contribution < -0.4 is 4.74 Å². The quantitative estimate of drug-likeness (QED) is 0.665. The number of nitrogens with zero attached hydrogens (tertiary/aromatic N) is 2. The van der Waals surface area contributed by atoms with Crippen LogP contribution in [0.25, 0.3) is 21.8 Å². The number of rotatable bonds is 6. The molecule has 28 heavy (non-hydrogen) atoms. The molecule has 1 N–H and O–H groups in total. The van der Waals surface area contributed by atoms with Crippen molar-refractivity contribution in [2.24, 2.45) is 0 Å². The van der Waals surface area contributed by atoms with E-state index in [2.05, 4.69) is 4.98 Å². The Hall–Kier alpha value is -2.90. The number of imide groups is 1. The number of hydrogen-bond acceptors (Lipinski definition) is 5. The minimum atomic E-state index is -0.252. The van der Waals surface area contributed by atoms with E-state index >= 15 is 0 Å². The molecule has 0 radical (unpaired) electrons. The zero-order chi connectivity index (χ0) is 20.0. The summed E-state index contributed by atoms with van der Waals surface area (Å²) in [6.45, 7) is 1.31. The lowest BCUT2D eigenvalue weighted by Gasteiger charge is -2.16. The van der Waals surface area contributed by atoms with Crippen LogP contribution in [0.15, 0.2) is 24.3 Å². The molecule has 0 saturated heterocycles. The van der Waals surface area contributed by atoms with Crippen LogP contribution >= 0.6 is 0 Å². The molecule has 1 aliphatic rings. The Balaban J connectivity index is 1.99. The van der Waals surface area contributed by atoms with Crippen LogP contribution in [0.3, 0.4) is 0 Å². The first-order chi connectivity index (χ1) is 13.5. The minimum absolute atomic E-state index is 0.250. The topological polar surface area (TPSA) is 74.9 Å². The van der Waals surface area contributed by atoms with Gasteiger partial charge in [0.25, 0.3) is 11.8 Å². The average molecular weight is 381 g/mol. The van der Waals surface area contributed by atoms with E-state index in [0.29, 0.717) is 36.6 Å². The van der Waals surface area contributed by atoms with Crippen LogP contribution in [0.1, 0.15) is 26.3 Å². The third-order valence-electron chi connectivity index (χ3n) is 5.17. The third-order valence-corrected chi connectivity index (χ3v) is 5.17. The van der Waals surface area contributed by atoms with Crippen LogP contribution in [-0.2, 0) is 11.3 Å². The van der Waals surface area contributed by atoms with Crippen molar-refractivity contribution in [1.82, 2.24) is 14.8 Å². The van der Waals surface area contributed by atoms with Gasteiger partial charge in [-0.25, -0.2) is 0 Å². The van der Waals surface area contributed by atoms with E-state index < -0.39 is 0 Å². The lowest BCUT2D eigenvalue weighted by atomic mass is 9.98. The predicted octanol–water partition coefficient (Wildman–Crippen LogP) is 2.63. The first kappa shape index (κ1) is 18.5. The molecular formula is C21H23N3O4. The van der Waals surface area contributed by atoms with Gasteiger partial charge in [0.15, 0.2) is 0 Å². The Morgan fingerprint density at radius 2 is 1.89 bits per heavy atom. The number of likely N-dealkylation sites (N-methyl/N-ethyl adjacent to an activating group) is 1. The molecule has 0 bridgehead atoms. The van der Waals surface area contributed by atoms with Gasteiger partial charge in [0, 0.05) is 42.1 Å². The first-order valence-electron chi connectivity index (χ1n) is 9.11. The van der Waals surface area contributed by atoms with Crippen LogP contribution in [0.4, 0.5) is 0 Å². The number of ether oxygens (including phenoxy) is 2. The van der Waals surface area contributed by atoms with Crippen LogP contribution in [0, 0.1) is 0 Å². The maximum Gasteiger partial charge on any atom is 0.262 e. The summed E-state index contributed by atoms with van der Waals surface area (Å²) in [4.78, 5) is 32.9. The van der Waals surface area contributed by atoms with Gasteiger partial charge in [-0.1, -0.05) is 0 Å². The second-order valence-electron chi connectivity index (χ2n) is 7.24. The van der Waals surface area contributed by atoms with E-state index in [1.165, 1.54) is 4.90 Å². The molecule has 2 heterocycles. The fourth-order valence-corrected chi connectivity index (χ4v) is 3.79. The maximum absolute atomic E-state index is 13.2. The van der Waals surface area contributed by atoms with Crippen molar-refractivity contribution in [3.05, 3.63) is 41.0 Å². The summed E-state index contributed by atoms with van der Waals surface area (Å²) in [7, 11) is 7.05. The molecular weight excluding hydrogens is 358 g/mol. The zero-order valence-electron chi connectivity index (χ0n) is 16.5. The summed E-state index contributed by atoms with van der Waals surface area (Å²) in [6, 6.07) is 7.46. The van der Waals surface area contributed by atoms with Crippen molar-refractivity contribution in [3.63, 3.8) is 0 Å². The van der Waals surface area contributed by atoms with E-state index in [9.17, 15) is 9.59 Å². The summed E-state index contributed by atoms with van der Waals surface area (Å²) in [5.41, 5.74) is 3.44. The van der Waals surface area contributed by atoms with E-state index in [4.69, 9.17) is 9.47 Å². The number of nitrogens with one attached hydrogen (secondary N) is 1. The van der Waals surface area contributed by atoms with Gasteiger partial charge in [-0.05, 0) is 38.4 Å². The Morgan fingerprint density at radius 3 is 2.57 bits per heavy atom. The number of methoxy groups -OCH3 is 2. The van der Waals surface area contributed by atoms with E-state index in [-0.39, 0.29) is 11.8 Å². The summed E-state index contributed by atoms with van der Waals surface area (Å²) < 4.78 is 10.7. The Labute approximate surface area is 162 Å². The highest BCUT2D eigenvalue weighted by molar-refractivity contribution is 6.30. The normalized spacial score (nSPS) is 14.0. The van der Waals surface area contributed by atoms with Gasteiger partial charge in [-0.3, -0.25) is 14.5 Å². The number of H-pyrrole nitrogens is 1. The largest absolute Gasteiger partial charge is 0.497 e. The second kappa shape index (κ2) is 6.92. The summed E-state index contributed by atoms with van der Waals surface area (Å²) in [5, 5.41) is 1.61. The number of aromatic amines is 1. The Bertz CT molecular complexity index is 1100. The summed E-state index contributed by atoms with van der Waals surface area (Å²) >= 11 is 0. The second-order valence-corrected chi connectivity index (χ2v) is 7.24. The SMILES string of the molecule is COCc1cc2c(c3c1[nH]c1ccc(OC)cc13)C(=O)N(CCN(C)C)C2=O. The Morgan fingerprint density at radius 1 is 1.11 bits per heavy atom. The number of hydrogen-bond donors (Lipinski definition) is 1. The molecule has 2 amide bonds. The molecule has 2 aromatic carbocycles. The Kier molecular flexibility index (Phi) is 4.56. The van der Waals surface area contributed by atoms with E-state index in [1.54, 1.807) is 20.3 Å². The molecule has 7 heteroatoms. The van der Waals surface area contributed by atoms with Crippen molar-refractivity contribution < 1.29 is 19.1 Å². The monoisotopic (exact) mass is 381 g/mol. The molecule has 0 aliphatic carbocycles. The van der Waals surface area contributed by atoms with Gasteiger partial charge < -0.3 is 19.4 Å². The highest BCUT2D eigenvalue weighted by atomic mass is 16.5. The minimum Gasteiger partial charge on any atom is -0.497 e. The van der Waals surface area contributed by atoms with E-state index in [1.807, 2.05) is 37.2 Å². The molecule has 3 aromatic rings. The number of amides is 2. The molecule has 0 saturated carbocycles. The van der Waals surface area contributed by atoms with Gasteiger partial charge >= 0.3 is 0 Å². The first-order valence-corrected chi connectivity index (χ1v) is 9.11. The highest BCUT2D eigenvalue weighted by Gasteiger charge is 2.38. The number of carbonyl (C=O) groups is 2. The van der Waals surface area contributed by atoms with Crippen LogP contribution in [0.5, 0.6) is 5.75 Å². The lowest BCUT2D eigenvalue weighted by Crippen LogP contribution is -2.35. The molecule has 0 fully saturated rings. The molecule has 1 aliphatic heterocycles. The summed E-state index contributed by atoms with van der Waals surface area (Å²) in [6.07, 6.45) is 0. The van der Waals surface area contributed by atoms with Crippen molar-refractivity contribution in [2.45, 2.75) is 6.61 Å². The number of fused-ring (bicyclic) bond motifs is 5. The number of aromatic nitrogens is 1. The molecule has 4 rings (SSSR count). The smallest absolute Gasteiger partial charge is 0.262 e. The van der Waals surface area contributed by atoms with Gasteiger partial charge in [-0.15, -0.1) is 0 Å².